The highest BCUT2D eigenvalue weighted by Crippen LogP contribution is 2.47. The van der Waals surface area contributed by atoms with Crippen LogP contribution in [0.5, 0.6) is 5.75 Å². The van der Waals surface area contributed by atoms with Gasteiger partial charge in [0.15, 0.2) is 0 Å². The number of benzene rings is 2. The number of carbonyl (C=O) groups is 1. The fourth-order valence-corrected chi connectivity index (χ4v) is 7.74. The van der Waals surface area contributed by atoms with Crippen LogP contribution in [0.25, 0.3) is 22.2 Å². The number of fused-ring (bicyclic) bond motifs is 5. The van der Waals surface area contributed by atoms with Crippen LogP contribution in [0.2, 0.25) is 0 Å². The number of ether oxygens (including phenoxy) is 1. The van der Waals surface area contributed by atoms with E-state index in [1.807, 2.05) is 51.2 Å². The number of rotatable bonds is 10. The van der Waals surface area contributed by atoms with Crippen LogP contribution in [0.1, 0.15) is 67.8 Å². The number of hydrogen-bond acceptors (Lipinski definition) is 6. The van der Waals surface area contributed by atoms with Crippen molar-refractivity contribution in [3.63, 3.8) is 0 Å². The second-order valence-corrected chi connectivity index (χ2v) is 14.8. The van der Waals surface area contributed by atoms with Crippen LogP contribution in [-0.2, 0) is 16.8 Å². The zero-order valence-electron chi connectivity index (χ0n) is 26.6. The molecule has 44 heavy (non-hydrogen) atoms. The van der Waals surface area contributed by atoms with Gasteiger partial charge in [0.05, 0.1) is 17.3 Å². The number of aromatic carboxylic acids is 1. The van der Waals surface area contributed by atoms with Gasteiger partial charge in [0, 0.05) is 55.2 Å². The maximum Gasteiger partial charge on any atom is 0.335 e. The third kappa shape index (κ3) is 6.67. The van der Waals surface area contributed by atoms with Crippen molar-refractivity contribution in [2.24, 2.45) is 5.14 Å². The first-order valence-electron chi connectivity index (χ1n) is 15.5. The molecule has 1 atom stereocenters. The quantitative estimate of drug-likeness (QED) is 0.338. The number of nitrogens with two attached hydrogens (primary N) is 1. The van der Waals surface area contributed by atoms with E-state index in [0.717, 1.165) is 47.3 Å². The van der Waals surface area contributed by atoms with Gasteiger partial charge in [-0.1, -0.05) is 37.5 Å². The van der Waals surface area contributed by atoms with Gasteiger partial charge in [0.1, 0.15) is 12.4 Å². The molecule has 5 rings (SSSR count). The SMILES string of the molecule is CN(CCN(C)[C@H]1COc2ccccc2-c2c(C3CCCCC3)c3ccc(C(=O)O)cc3n2C1)CC(C)(C)N(C)S(N)(=O)=O. The van der Waals surface area contributed by atoms with Crippen molar-refractivity contribution in [1.29, 1.82) is 0 Å². The summed E-state index contributed by atoms with van der Waals surface area (Å²) in [5, 5.41) is 16.4. The summed E-state index contributed by atoms with van der Waals surface area (Å²) in [6.45, 7) is 6.81. The van der Waals surface area contributed by atoms with Gasteiger partial charge < -0.3 is 19.3 Å². The lowest BCUT2D eigenvalue weighted by molar-refractivity contribution is 0.0697. The highest BCUT2D eigenvalue weighted by molar-refractivity contribution is 7.86. The summed E-state index contributed by atoms with van der Waals surface area (Å²) in [6.07, 6.45) is 5.91. The first-order chi connectivity index (χ1) is 20.8. The van der Waals surface area contributed by atoms with Gasteiger partial charge >= 0.3 is 5.97 Å². The number of nitrogens with zero attached hydrogens (tertiary/aromatic N) is 4. The summed E-state index contributed by atoms with van der Waals surface area (Å²) >= 11 is 0. The molecule has 0 saturated heterocycles. The van der Waals surface area contributed by atoms with E-state index in [0.29, 0.717) is 32.2 Å². The van der Waals surface area contributed by atoms with Gasteiger partial charge in [0.2, 0.25) is 0 Å². The molecule has 0 spiro atoms. The van der Waals surface area contributed by atoms with E-state index >= 15 is 0 Å². The number of carboxylic acid groups (broad SMARTS) is 1. The predicted molar refractivity (Wildman–Crippen MR) is 175 cm³/mol. The van der Waals surface area contributed by atoms with Crippen LogP contribution in [0, 0.1) is 0 Å². The molecule has 0 unspecified atom stereocenters. The lowest BCUT2D eigenvalue weighted by Gasteiger charge is -2.37. The Balaban J connectivity index is 1.49. The Kier molecular flexibility index (Phi) is 9.44. The van der Waals surface area contributed by atoms with E-state index in [4.69, 9.17) is 9.88 Å². The van der Waals surface area contributed by atoms with Crippen LogP contribution in [-0.4, -0.2) is 97.1 Å². The average molecular weight is 626 g/mol. The molecule has 1 saturated carbocycles. The third-order valence-corrected chi connectivity index (χ3v) is 10.9. The number of hydrogen-bond donors (Lipinski definition) is 2. The Hall–Kier alpha value is -2.96. The van der Waals surface area contributed by atoms with E-state index in [1.54, 1.807) is 6.07 Å². The Morgan fingerprint density at radius 2 is 1.77 bits per heavy atom. The molecule has 0 amide bonds. The van der Waals surface area contributed by atoms with E-state index < -0.39 is 21.7 Å². The van der Waals surface area contributed by atoms with Gasteiger partial charge in [-0.15, -0.1) is 0 Å². The van der Waals surface area contributed by atoms with Crippen molar-refractivity contribution in [2.75, 3.05) is 47.4 Å². The molecule has 0 radical (unpaired) electrons. The Morgan fingerprint density at radius 1 is 1.07 bits per heavy atom. The second-order valence-electron chi connectivity index (χ2n) is 13.2. The van der Waals surface area contributed by atoms with Crippen molar-refractivity contribution in [3.8, 4) is 17.0 Å². The standard InChI is InChI=1S/C33H47N5O5S/c1-33(2,37(5)44(34,41)42)22-35(3)17-18-36(4)25-20-38-28-19-24(32(39)40)15-16-26(28)30(23-11-7-6-8-12-23)31(38)27-13-9-10-14-29(27)43-21-25/h9-10,13-16,19,23,25H,6-8,11-12,17-18,20-22H2,1-5H3,(H,39,40)(H2,34,41,42)/t25-/m1/s1. The molecule has 1 aliphatic heterocycles. The van der Waals surface area contributed by atoms with Crippen molar-refractivity contribution in [3.05, 3.63) is 53.6 Å². The average Bonchev–Trinajstić information content (AvgIpc) is 3.28. The van der Waals surface area contributed by atoms with Gasteiger partial charge in [-0.05, 0) is 76.5 Å². The molecule has 240 valence electrons. The first kappa shape index (κ1) is 32.4. The van der Waals surface area contributed by atoms with Crippen LogP contribution in [0.3, 0.4) is 0 Å². The van der Waals surface area contributed by atoms with Crippen LogP contribution in [0.15, 0.2) is 42.5 Å². The fourth-order valence-electron chi connectivity index (χ4n) is 6.99. The molecule has 2 aliphatic rings. The minimum atomic E-state index is -3.81. The number of likely N-dealkylation sites (N-methyl/N-ethyl adjacent to an activating group) is 3. The van der Waals surface area contributed by atoms with Crippen molar-refractivity contribution >= 4 is 27.1 Å². The third-order valence-electron chi connectivity index (χ3n) is 9.68. The second kappa shape index (κ2) is 12.8. The molecule has 2 heterocycles. The van der Waals surface area contributed by atoms with E-state index in [1.165, 1.54) is 36.2 Å². The van der Waals surface area contributed by atoms with Crippen LogP contribution >= 0.6 is 0 Å². The highest BCUT2D eigenvalue weighted by Gasteiger charge is 2.33. The van der Waals surface area contributed by atoms with Gasteiger partial charge in [-0.2, -0.15) is 12.7 Å². The van der Waals surface area contributed by atoms with Gasteiger partial charge in [0.25, 0.3) is 10.2 Å². The summed E-state index contributed by atoms with van der Waals surface area (Å²) < 4.78 is 34.0. The summed E-state index contributed by atoms with van der Waals surface area (Å²) in [6, 6.07) is 13.8. The van der Waals surface area contributed by atoms with E-state index in [-0.39, 0.29) is 11.6 Å². The largest absolute Gasteiger partial charge is 0.491 e. The number of para-hydroxylation sites is 1. The maximum absolute atomic E-state index is 12.1. The summed E-state index contributed by atoms with van der Waals surface area (Å²) in [4.78, 5) is 16.5. The molecule has 2 aromatic carbocycles. The topological polar surface area (TPSA) is 121 Å². The zero-order chi connectivity index (χ0) is 31.8. The van der Waals surface area contributed by atoms with E-state index in [9.17, 15) is 18.3 Å². The number of carboxylic acids is 1. The normalized spacial score (nSPS) is 18.2. The summed E-state index contributed by atoms with van der Waals surface area (Å²) in [7, 11) is 1.78. The van der Waals surface area contributed by atoms with Crippen molar-refractivity contribution in [2.45, 2.75) is 70.0 Å². The monoisotopic (exact) mass is 625 g/mol. The van der Waals surface area contributed by atoms with Crippen molar-refractivity contribution < 1.29 is 23.1 Å². The fraction of sp³-hybridized carbons (Fsp3) is 0.545. The Morgan fingerprint density at radius 3 is 2.45 bits per heavy atom. The predicted octanol–water partition coefficient (Wildman–Crippen LogP) is 4.59. The highest BCUT2D eigenvalue weighted by atomic mass is 32.2. The minimum absolute atomic E-state index is 0.0129. The summed E-state index contributed by atoms with van der Waals surface area (Å²) in [5.41, 5.74) is 4.09. The Labute approximate surface area is 261 Å². The molecule has 1 fully saturated rings. The molecule has 3 aromatic rings. The molecule has 1 aromatic heterocycles. The Bertz CT molecular complexity index is 1610. The maximum atomic E-state index is 12.1. The van der Waals surface area contributed by atoms with Crippen molar-refractivity contribution in [1.82, 2.24) is 18.7 Å². The molecular weight excluding hydrogens is 578 g/mol. The lowest BCUT2D eigenvalue weighted by Crippen LogP contribution is -2.54. The molecule has 0 bridgehead atoms. The minimum Gasteiger partial charge on any atom is -0.491 e. The van der Waals surface area contributed by atoms with Crippen LogP contribution < -0.4 is 9.88 Å². The van der Waals surface area contributed by atoms with E-state index in [2.05, 4.69) is 27.5 Å². The summed E-state index contributed by atoms with van der Waals surface area (Å²) in [5.74, 6) is 0.327. The molecule has 10 nitrogen and oxygen atoms in total. The number of aromatic nitrogens is 1. The molecule has 3 N–H and O–H groups in total. The molecular formula is C33H47N5O5S. The van der Waals surface area contributed by atoms with Gasteiger partial charge in [-0.25, -0.2) is 9.93 Å². The van der Waals surface area contributed by atoms with Crippen LogP contribution in [0.4, 0.5) is 0 Å². The smallest absolute Gasteiger partial charge is 0.335 e. The molecule has 11 heteroatoms. The lowest BCUT2D eigenvalue weighted by atomic mass is 9.81. The first-order valence-corrected chi connectivity index (χ1v) is 17.1. The van der Waals surface area contributed by atoms with Gasteiger partial charge in [-0.3, -0.25) is 4.90 Å². The zero-order valence-corrected chi connectivity index (χ0v) is 27.4. The molecule has 1 aliphatic carbocycles.